The Balaban J connectivity index is 1.38. The van der Waals surface area contributed by atoms with Gasteiger partial charge in [-0.1, -0.05) is 11.6 Å². The van der Waals surface area contributed by atoms with Crippen LogP contribution in [0.25, 0.3) is 22.3 Å². The number of carbonyl (C=O) groups is 2. The number of fused-ring (bicyclic) bond motifs is 1. The van der Waals surface area contributed by atoms with Crippen LogP contribution in [0.5, 0.6) is 5.75 Å². The average Bonchev–Trinajstić information content (AvgIpc) is 3.64. The number of halogens is 1. The standard InChI is InChI=1S/C27H32FN5O4/c1-14-3-8-21(37-12-16-4-5-16)18(9-14)24-26-25(30-13-29-24)23(15(2)31-26)27(36)32-17-6-7-20(19(28)10-17)33-22(35)11-34/h3,8-9,13,16-17,19-20,31,34H,4-7,10-12H2,1-2H3,(H,32,36)(H,33,35)/t17-,19-,20-/m1/s1. The molecule has 0 radical (unpaired) electrons. The van der Waals surface area contributed by atoms with Crippen LogP contribution in [0, 0.1) is 19.8 Å². The van der Waals surface area contributed by atoms with Crippen molar-refractivity contribution in [3.05, 3.63) is 41.3 Å². The van der Waals surface area contributed by atoms with Gasteiger partial charge in [0.25, 0.3) is 5.91 Å². The number of nitrogens with one attached hydrogen (secondary N) is 3. The van der Waals surface area contributed by atoms with Gasteiger partial charge in [-0.2, -0.15) is 0 Å². The molecule has 2 heterocycles. The Kier molecular flexibility index (Phi) is 7.10. The Labute approximate surface area is 214 Å². The van der Waals surface area contributed by atoms with Crippen LogP contribution in [0.4, 0.5) is 4.39 Å². The number of carbonyl (C=O) groups excluding carboxylic acids is 2. The molecule has 9 nitrogen and oxygen atoms in total. The second-order valence-corrected chi connectivity index (χ2v) is 10.2. The number of aryl methyl sites for hydroxylation is 2. The molecule has 5 rings (SSSR count). The number of hydrogen-bond acceptors (Lipinski definition) is 6. The fraction of sp³-hybridized carbons (Fsp3) is 0.481. The average molecular weight is 510 g/mol. The first-order valence-corrected chi connectivity index (χ1v) is 12.8. The Hall–Kier alpha value is -3.53. The monoisotopic (exact) mass is 509 g/mol. The molecule has 3 aromatic rings. The molecule has 37 heavy (non-hydrogen) atoms. The molecule has 2 aliphatic carbocycles. The van der Waals surface area contributed by atoms with Crippen LogP contribution in [0.1, 0.15) is 53.7 Å². The van der Waals surface area contributed by atoms with Crippen molar-refractivity contribution in [2.24, 2.45) is 5.92 Å². The summed E-state index contributed by atoms with van der Waals surface area (Å²) < 4.78 is 20.8. The normalized spacial score (nSPS) is 21.6. The third kappa shape index (κ3) is 5.44. The number of nitrogens with zero attached hydrogens (tertiary/aromatic N) is 2. The maximum absolute atomic E-state index is 14.7. The molecule has 4 N–H and O–H groups in total. The number of aromatic nitrogens is 3. The predicted molar refractivity (Wildman–Crippen MR) is 136 cm³/mol. The number of amides is 2. The number of alkyl halides is 1. The summed E-state index contributed by atoms with van der Waals surface area (Å²) in [7, 11) is 0. The first-order chi connectivity index (χ1) is 17.8. The lowest BCUT2D eigenvalue weighted by molar-refractivity contribution is -0.125. The van der Waals surface area contributed by atoms with E-state index < -0.39 is 24.7 Å². The molecule has 2 fully saturated rings. The van der Waals surface area contributed by atoms with Crippen LogP contribution >= 0.6 is 0 Å². The smallest absolute Gasteiger partial charge is 0.255 e. The molecule has 0 bridgehead atoms. The molecule has 0 spiro atoms. The molecule has 3 atom stereocenters. The van der Waals surface area contributed by atoms with Crippen molar-refractivity contribution in [2.75, 3.05) is 13.2 Å². The van der Waals surface area contributed by atoms with Crippen molar-refractivity contribution in [1.82, 2.24) is 25.6 Å². The highest BCUT2D eigenvalue weighted by atomic mass is 19.1. The summed E-state index contributed by atoms with van der Waals surface area (Å²) in [5.74, 6) is 0.412. The van der Waals surface area contributed by atoms with Crippen molar-refractivity contribution in [1.29, 1.82) is 0 Å². The van der Waals surface area contributed by atoms with Gasteiger partial charge in [0, 0.05) is 23.7 Å². The fourth-order valence-electron chi connectivity index (χ4n) is 4.97. The van der Waals surface area contributed by atoms with E-state index in [0.717, 1.165) is 16.9 Å². The van der Waals surface area contributed by atoms with Crippen molar-refractivity contribution < 1.29 is 23.8 Å². The molecule has 2 saturated carbocycles. The number of rotatable bonds is 8. The van der Waals surface area contributed by atoms with E-state index in [2.05, 4.69) is 25.6 Å². The molecular formula is C27H32FN5O4. The molecule has 10 heteroatoms. The molecule has 0 aliphatic heterocycles. The maximum atomic E-state index is 14.7. The van der Waals surface area contributed by atoms with E-state index in [4.69, 9.17) is 9.84 Å². The van der Waals surface area contributed by atoms with Gasteiger partial charge in [0.2, 0.25) is 5.91 Å². The maximum Gasteiger partial charge on any atom is 0.255 e. The van der Waals surface area contributed by atoms with Crippen LogP contribution in [0.3, 0.4) is 0 Å². The van der Waals surface area contributed by atoms with Gasteiger partial charge in [0.1, 0.15) is 36.1 Å². The minimum absolute atomic E-state index is 0.0781. The molecule has 1 aromatic carbocycles. The quantitative estimate of drug-likeness (QED) is 0.369. The van der Waals surface area contributed by atoms with Gasteiger partial charge >= 0.3 is 0 Å². The number of aromatic amines is 1. The summed E-state index contributed by atoms with van der Waals surface area (Å²) in [6.45, 7) is 3.81. The number of aliphatic hydroxyl groups excluding tert-OH is 1. The summed E-state index contributed by atoms with van der Waals surface area (Å²) in [4.78, 5) is 37.0. The first-order valence-electron chi connectivity index (χ1n) is 12.8. The molecule has 2 amide bonds. The minimum atomic E-state index is -1.32. The lowest BCUT2D eigenvalue weighted by atomic mass is 9.89. The third-order valence-electron chi connectivity index (χ3n) is 7.16. The highest BCUT2D eigenvalue weighted by Gasteiger charge is 2.33. The molecule has 0 unspecified atom stereocenters. The minimum Gasteiger partial charge on any atom is -0.493 e. The molecule has 2 aliphatic rings. The Morgan fingerprint density at radius 3 is 2.70 bits per heavy atom. The van der Waals surface area contributed by atoms with Gasteiger partial charge in [-0.05, 0) is 57.6 Å². The van der Waals surface area contributed by atoms with Gasteiger partial charge in [0.05, 0.1) is 23.7 Å². The lowest BCUT2D eigenvalue weighted by Gasteiger charge is -2.32. The summed E-state index contributed by atoms with van der Waals surface area (Å²) in [5, 5.41) is 14.3. The van der Waals surface area contributed by atoms with E-state index in [-0.39, 0.29) is 18.4 Å². The Morgan fingerprint density at radius 2 is 1.97 bits per heavy atom. The first kappa shape index (κ1) is 25.1. The van der Waals surface area contributed by atoms with E-state index in [0.29, 0.717) is 53.4 Å². The zero-order valence-corrected chi connectivity index (χ0v) is 21.0. The summed E-state index contributed by atoms with van der Waals surface area (Å²) >= 11 is 0. The third-order valence-corrected chi connectivity index (χ3v) is 7.16. The molecule has 196 valence electrons. The lowest BCUT2D eigenvalue weighted by Crippen LogP contribution is -2.50. The van der Waals surface area contributed by atoms with Crippen molar-refractivity contribution >= 4 is 22.8 Å². The number of H-pyrrole nitrogens is 1. The second kappa shape index (κ2) is 10.5. The summed E-state index contributed by atoms with van der Waals surface area (Å²) in [6, 6.07) is 4.94. The van der Waals surface area contributed by atoms with E-state index >= 15 is 0 Å². The molecular weight excluding hydrogens is 477 g/mol. The Morgan fingerprint density at radius 1 is 1.16 bits per heavy atom. The second-order valence-electron chi connectivity index (χ2n) is 10.2. The van der Waals surface area contributed by atoms with Gasteiger partial charge in [-0.3, -0.25) is 9.59 Å². The molecule has 0 saturated heterocycles. The van der Waals surface area contributed by atoms with Crippen LogP contribution in [-0.2, 0) is 4.79 Å². The summed E-state index contributed by atoms with van der Waals surface area (Å²) in [6.07, 6.45) is 3.46. The fourth-order valence-corrected chi connectivity index (χ4v) is 4.97. The topological polar surface area (TPSA) is 129 Å². The number of hydrogen-bond donors (Lipinski definition) is 4. The highest BCUT2D eigenvalue weighted by Crippen LogP contribution is 2.37. The van der Waals surface area contributed by atoms with Crippen molar-refractivity contribution in [3.8, 4) is 17.0 Å². The SMILES string of the molecule is Cc1ccc(OCC2CC2)c(-c2ncnc3c(C(=O)N[C@@H]4CC[C@@H](NC(=O)CO)[C@H](F)C4)c(C)[nH]c23)c1. The number of aliphatic hydroxyl groups is 1. The van der Waals surface area contributed by atoms with Crippen molar-refractivity contribution in [3.63, 3.8) is 0 Å². The number of ether oxygens (including phenoxy) is 1. The van der Waals surface area contributed by atoms with Crippen LogP contribution < -0.4 is 15.4 Å². The largest absolute Gasteiger partial charge is 0.493 e. The van der Waals surface area contributed by atoms with E-state index in [9.17, 15) is 14.0 Å². The van der Waals surface area contributed by atoms with Crippen LogP contribution in [0.15, 0.2) is 24.5 Å². The van der Waals surface area contributed by atoms with Crippen molar-refractivity contribution in [2.45, 2.75) is 64.2 Å². The van der Waals surface area contributed by atoms with Gasteiger partial charge in [-0.25, -0.2) is 14.4 Å². The van der Waals surface area contributed by atoms with Crippen LogP contribution in [0.2, 0.25) is 0 Å². The van der Waals surface area contributed by atoms with E-state index in [1.54, 1.807) is 6.92 Å². The summed E-state index contributed by atoms with van der Waals surface area (Å²) in [5.41, 5.74) is 4.74. The van der Waals surface area contributed by atoms with E-state index in [1.807, 2.05) is 25.1 Å². The zero-order valence-electron chi connectivity index (χ0n) is 21.0. The zero-order chi connectivity index (χ0) is 26.1. The van der Waals surface area contributed by atoms with E-state index in [1.165, 1.54) is 19.2 Å². The van der Waals surface area contributed by atoms with Crippen LogP contribution in [-0.4, -0.2) is 63.3 Å². The highest BCUT2D eigenvalue weighted by molar-refractivity contribution is 6.09. The van der Waals surface area contributed by atoms with Gasteiger partial charge < -0.3 is 25.5 Å². The Bertz CT molecular complexity index is 1320. The molecule has 2 aromatic heterocycles. The van der Waals surface area contributed by atoms with Gasteiger partial charge in [-0.15, -0.1) is 0 Å². The number of benzene rings is 1. The predicted octanol–water partition coefficient (Wildman–Crippen LogP) is 3.13. The van der Waals surface area contributed by atoms with Gasteiger partial charge in [0.15, 0.2) is 0 Å².